The summed E-state index contributed by atoms with van der Waals surface area (Å²) >= 11 is 0. The lowest BCUT2D eigenvalue weighted by atomic mass is 9.84. The number of hydrogen-bond acceptors (Lipinski definition) is 5. The van der Waals surface area contributed by atoms with Crippen molar-refractivity contribution in [2.24, 2.45) is 0 Å². The van der Waals surface area contributed by atoms with Gasteiger partial charge in [-0.3, -0.25) is 4.79 Å². The van der Waals surface area contributed by atoms with Crippen molar-refractivity contribution in [3.05, 3.63) is 75.9 Å². The molecule has 4 rings (SSSR count). The average molecular weight is 506 g/mol. The molecule has 2 aliphatic rings. The third kappa shape index (κ3) is 5.27. The van der Waals surface area contributed by atoms with E-state index in [2.05, 4.69) is 32.9 Å². The van der Waals surface area contributed by atoms with Crippen molar-refractivity contribution >= 4 is 17.6 Å². The predicted octanol–water partition coefficient (Wildman–Crippen LogP) is 5.78. The molecule has 2 aliphatic heterocycles. The molecular formula is C30H35NO6. The summed E-state index contributed by atoms with van der Waals surface area (Å²) in [5.74, 6) is -1.21. The van der Waals surface area contributed by atoms with Gasteiger partial charge in [-0.15, -0.1) is 0 Å². The Labute approximate surface area is 217 Å². The molecular weight excluding hydrogens is 470 g/mol. The fourth-order valence-corrected chi connectivity index (χ4v) is 5.08. The number of ether oxygens (including phenoxy) is 1. The van der Waals surface area contributed by atoms with E-state index in [1.54, 1.807) is 18.2 Å². The maximum absolute atomic E-state index is 13.3. The number of aliphatic hydroxyl groups is 1. The third-order valence-corrected chi connectivity index (χ3v) is 7.34. The third-order valence-electron chi connectivity index (χ3n) is 7.34. The summed E-state index contributed by atoms with van der Waals surface area (Å²) in [5, 5.41) is 31.3. The Morgan fingerprint density at radius 2 is 1.89 bits per heavy atom. The smallest absolute Gasteiger partial charge is 0.337 e. The zero-order valence-electron chi connectivity index (χ0n) is 21.9. The molecule has 0 radical (unpaired) electrons. The Morgan fingerprint density at radius 3 is 2.59 bits per heavy atom. The van der Waals surface area contributed by atoms with Crippen LogP contribution in [-0.4, -0.2) is 38.9 Å². The van der Waals surface area contributed by atoms with Crippen molar-refractivity contribution in [3.8, 4) is 11.5 Å². The fraction of sp³-hybridized carbons (Fsp3) is 0.400. The molecule has 0 aromatic heterocycles. The minimum atomic E-state index is -1.12. The number of hydrogen-bond donors (Lipinski definition) is 3. The van der Waals surface area contributed by atoms with Crippen LogP contribution in [0.3, 0.4) is 0 Å². The molecule has 2 atom stereocenters. The molecule has 1 amide bonds. The van der Waals surface area contributed by atoms with E-state index in [0.717, 1.165) is 19.3 Å². The van der Waals surface area contributed by atoms with E-state index in [1.807, 2.05) is 6.92 Å². The topological polar surface area (TPSA) is 107 Å². The number of rotatable bonds is 8. The SMILES string of the molecule is CC(C)=CCC/C(C)=C/CCC1(C)Oc2c(c(O)cc3c2CN(c2ccccc2C(=O)O)C3=O)CC1O. The number of phenols is 1. The molecule has 0 bridgehead atoms. The first-order valence-electron chi connectivity index (χ1n) is 12.7. The number of carboxylic acids is 1. The second-order valence-electron chi connectivity index (χ2n) is 10.5. The lowest BCUT2D eigenvalue weighted by molar-refractivity contribution is -0.0597. The number of benzene rings is 2. The molecule has 0 fully saturated rings. The van der Waals surface area contributed by atoms with Crippen molar-refractivity contribution in [2.75, 3.05) is 4.90 Å². The van der Waals surface area contributed by atoms with Crippen LogP contribution in [0.15, 0.2) is 53.6 Å². The van der Waals surface area contributed by atoms with Crippen LogP contribution in [0.5, 0.6) is 11.5 Å². The molecule has 2 unspecified atom stereocenters. The van der Waals surface area contributed by atoms with Gasteiger partial charge in [0.05, 0.1) is 29.5 Å². The summed E-state index contributed by atoms with van der Waals surface area (Å²) < 4.78 is 6.42. The van der Waals surface area contributed by atoms with Gasteiger partial charge in [-0.1, -0.05) is 35.4 Å². The second-order valence-corrected chi connectivity index (χ2v) is 10.5. The molecule has 0 spiro atoms. The molecule has 2 aromatic carbocycles. The fourth-order valence-electron chi connectivity index (χ4n) is 5.08. The Balaban J connectivity index is 1.59. The zero-order chi connectivity index (χ0) is 26.9. The van der Waals surface area contributed by atoms with Crippen molar-refractivity contribution in [3.63, 3.8) is 0 Å². The van der Waals surface area contributed by atoms with E-state index in [-0.39, 0.29) is 35.5 Å². The largest absolute Gasteiger partial charge is 0.508 e. The number of carbonyl (C=O) groups excluding carboxylic acids is 1. The van der Waals surface area contributed by atoms with E-state index in [0.29, 0.717) is 23.3 Å². The molecule has 2 aromatic rings. The number of aromatic carboxylic acids is 1. The van der Waals surface area contributed by atoms with Gasteiger partial charge in [-0.2, -0.15) is 0 Å². The second kappa shape index (κ2) is 10.4. The standard InChI is InChI=1S/C30H35NO6/c1-18(2)9-7-10-19(3)11-8-14-30(4)26(33)16-22-25(32)15-21-23(27(22)37-30)17-31(28(21)34)24-13-6-5-12-20(24)29(35)36/h5-6,9,11-13,15,26,32-33H,7-8,10,14,16-17H2,1-4H3,(H,35,36)/b19-11+. The number of aliphatic hydroxyl groups excluding tert-OH is 1. The first-order chi connectivity index (χ1) is 17.5. The molecule has 2 heterocycles. The Kier molecular flexibility index (Phi) is 7.46. The summed E-state index contributed by atoms with van der Waals surface area (Å²) in [4.78, 5) is 26.5. The molecule has 7 heteroatoms. The van der Waals surface area contributed by atoms with Crippen LogP contribution in [0.1, 0.15) is 85.2 Å². The Hall–Kier alpha value is -3.58. The highest BCUT2D eigenvalue weighted by Gasteiger charge is 2.44. The lowest BCUT2D eigenvalue weighted by Gasteiger charge is -2.40. The van der Waals surface area contributed by atoms with Crippen LogP contribution < -0.4 is 9.64 Å². The molecule has 196 valence electrons. The molecule has 0 saturated carbocycles. The first-order valence-corrected chi connectivity index (χ1v) is 12.7. The minimum Gasteiger partial charge on any atom is -0.508 e. The molecule has 3 N–H and O–H groups in total. The number of nitrogens with zero attached hydrogens (tertiary/aromatic N) is 1. The number of fused-ring (bicyclic) bond motifs is 3. The summed E-state index contributed by atoms with van der Waals surface area (Å²) in [6, 6.07) is 7.75. The predicted molar refractivity (Wildman–Crippen MR) is 142 cm³/mol. The van der Waals surface area contributed by atoms with Gasteiger partial charge in [-0.25, -0.2) is 4.79 Å². The van der Waals surface area contributed by atoms with Crippen molar-refractivity contribution in [2.45, 2.75) is 78.0 Å². The van der Waals surface area contributed by atoms with Gasteiger partial charge in [0.15, 0.2) is 0 Å². The van der Waals surface area contributed by atoms with Crippen LogP contribution >= 0.6 is 0 Å². The zero-order valence-corrected chi connectivity index (χ0v) is 21.9. The number of phenolic OH excluding ortho intramolecular Hbond substituents is 1. The van der Waals surface area contributed by atoms with Gasteiger partial charge < -0.3 is 25.0 Å². The highest BCUT2D eigenvalue weighted by molar-refractivity contribution is 6.13. The first kappa shape index (κ1) is 26.5. The normalized spacial score (nSPS) is 20.8. The van der Waals surface area contributed by atoms with Crippen LogP contribution in [0.2, 0.25) is 0 Å². The quantitative estimate of drug-likeness (QED) is 0.393. The lowest BCUT2D eigenvalue weighted by Crippen LogP contribution is -2.49. The van der Waals surface area contributed by atoms with E-state index >= 15 is 0 Å². The maximum Gasteiger partial charge on any atom is 0.337 e. The molecule has 7 nitrogen and oxygen atoms in total. The van der Waals surface area contributed by atoms with Crippen molar-refractivity contribution in [1.82, 2.24) is 0 Å². The molecule has 0 saturated heterocycles. The van der Waals surface area contributed by atoms with Gasteiger partial charge in [0, 0.05) is 17.5 Å². The average Bonchev–Trinajstić information content (AvgIpc) is 3.16. The number of allylic oxidation sites excluding steroid dienone is 4. The van der Waals surface area contributed by atoms with E-state index < -0.39 is 23.6 Å². The number of para-hydroxylation sites is 1. The maximum atomic E-state index is 13.3. The van der Waals surface area contributed by atoms with Crippen molar-refractivity contribution in [1.29, 1.82) is 0 Å². The Morgan fingerprint density at radius 1 is 1.16 bits per heavy atom. The van der Waals surface area contributed by atoms with Crippen LogP contribution in [0.25, 0.3) is 0 Å². The summed E-state index contributed by atoms with van der Waals surface area (Å²) in [5.41, 5.74) is 3.35. The summed E-state index contributed by atoms with van der Waals surface area (Å²) in [6.07, 6.45) is 7.03. The van der Waals surface area contributed by atoms with E-state index in [4.69, 9.17) is 4.74 Å². The number of amides is 1. The van der Waals surface area contributed by atoms with Gasteiger partial charge in [-0.05, 0) is 71.6 Å². The summed E-state index contributed by atoms with van der Waals surface area (Å²) in [7, 11) is 0. The van der Waals surface area contributed by atoms with Crippen LogP contribution in [0, 0.1) is 0 Å². The summed E-state index contributed by atoms with van der Waals surface area (Å²) in [6.45, 7) is 8.26. The van der Waals surface area contributed by atoms with Crippen molar-refractivity contribution < 1.29 is 29.6 Å². The van der Waals surface area contributed by atoms with Gasteiger partial charge in [0.25, 0.3) is 5.91 Å². The molecule has 0 aliphatic carbocycles. The molecule has 37 heavy (non-hydrogen) atoms. The number of carbonyl (C=O) groups is 2. The van der Waals surface area contributed by atoms with Gasteiger partial charge in [0.2, 0.25) is 0 Å². The highest BCUT2D eigenvalue weighted by atomic mass is 16.5. The van der Waals surface area contributed by atoms with Crippen LogP contribution in [0.4, 0.5) is 5.69 Å². The highest BCUT2D eigenvalue weighted by Crippen LogP contribution is 2.47. The monoisotopic (exact) mass is 505 g/mol. The van der Waals surface area contributed by atoms with Gasteiger partial charge in [0.1, 0.15) is 17.1 Å². The minimum absolute atomic E-state index is 0.0228. The number of anilines is 1. The number of carboxylic acid groups (broad SMARTS) is 1. The van der Waals surface area contributed by atoms with E-state index in [1.165, 1.54) is 28.2 Å². The van der Waals surface area contributed by atoms with Crippen LogP contribution in [-0.2, 0) is 13.0 Å². The number of aromatic hydroxyl groups is 1. The van der Waals surface area contributed by atoms with Gasteiger partial charge >= 0.3 is 5.97 Å². The van der Waals surface area contributed by atoms with E-state index in [9.17, 15) is 24.9 Å². The Bertz CT molecular complexity index is 1290.